The number of carbonyl (C=O) groups is 1. The van der Waals surface area contributed by atoms with Gasteiger partial charge in [0.1, 0.15) is 5.82 Å². The molecule has 2 heterocycles. The van der Waals surface area contributed by atoms with E-state index < -0.39 is 0 Å². The number of hydrogen-bond acceptors (Lipinski definition) is 4. The van der Waals surface area contributed by atoms with E-state index in [4.69, 9.17) is 11.6 Å². The van der Waals surface area contributed by atoms with Gasteiger partial charge in [-0.1, -0.05) is 17.7 Å². The van der Waals surface area contributed by atoms with Crippen LogP contribution in [0.2, 0.25) is 5.02 Å². The number of hydrogen-bond donors (Lipinski definition) is 2. The molecule has 0 spiro atoms. The Hall–Kier alpha value is -2.14. The summed E-state index contributed by atoms with van der Waals surface area (Å²) in [5.74, 6) is 0.331. The number of nitrogens with one attached hydrogen (secondary N) is 2. The Morgan fingerprint density at radius 1 is 1.35 bits per heavy atom. The minimum atomic E-state index is -0.257. The highest BCUT2D eigenvalue weighted by Crippen LogP contribution is 2.19. The number of halogens is 1. The van der Waals surface area contributed by atoms with Crippen molar-refractivity contribution in [1.29, 1.82) is 0 Å². The first-order valence-electron chi connectivity index (χ1n) is 6.17. The van der Waals surface area contributed by atoms with E-state index in [9.17, 15) is 4.79 Å². The monoisotopic (exact) mass is 290 g/mol. The molecule has 6 heteroatoms. The van der Waals surface area contributed by atoms with Gasteiger partial charge >= 0.3 is 0 Å². The van der Waals surface area contributed by atoms with Crippen molar-refractivity contribution in [2.75, 3.05) is 12.4 Å². The minimum absolute atomic E-state index is 0.203. The van der Waals surface area contributed by atoms with Crippen LogP contribution in [0.25, 0.3) is 0 Å². The lowest BCUT2D eigenvalue weighted by atomic mass is 10.2. The molecular weight excluding hydrogens is 276 g/mol. The van der Waals surface area contributed by atoms with Gasteiger partial charge in [0.15, 0.2) is 0 Å². The molecule has 104 valence electrons. The lowest BCUT2D eigenvalue weighted by Crippen LogP contribution is -2.27. The number of amides is 1. The zero-order valence-electron chi connectivity index (χ0n) is 11.2. The Morgan fingerprint density at radius 3 is 2.80 bits per heavy atom. The summed E-state index contributed by atoms with van der Waals surface area (Å²) in [7, 11) is 1.73. The average Bonchev–Trinajstić information content (AvgIpc) is 2.48. The third-order valence-corrected chi connectivity index (χ3v) is 3.14. The highest BCUT2D eigenvalue weighted by atomic mass is 35.5. The summed E-state index contributed by atoms with van der Waals surface area (Å²) >= 11 is 6.01. The van der Waals surface area contributed by atoms with Gasteiger partial charge in [0.05, 0.1) is 22.3 Å². The van der Waals surface area contributed by atoms with Crippen LogP contribution >= 0.6 is 11.6 Å². The third kappa shape index (κ3) is 3.24. The minimum Gasteiger partial charge on any atom is -0.373 e. The van der Waals surface area contributed by atoms with Crippen LogP contribution in [-0.4, -0.2) is 22.9 Å². The second-order valence-corrected chi connectivity index (χ2v) is 4.66. The summed E-state index contributed by atoms with van der Waals surface area (Å²) in [6.45, 7) is 1.87. The van der Waals surface area contributed by atoms with Crippen LogP contribution in [0.3, 0.4) is 0 Å². The maximum Gasteiger partial charge on any atom is 0.253 e. The second kappa shape index (κ2) is 6.34. The Bertz CT molecular complexity index is 603. The van der Waals surface area contributed by atoms with E-state index in [0.717, 1.165) is 5.69 Å². The lowest BCUT2D eigenvalue weighted by molar-refractivity contribution is 0.0939. The molecule has 5 nitrogen and oxygen atoms in total. The molecule has 2 aromatic rings. The predicted molar refractivity (Wildman–Crippen MR) is 78.9 cm³/mol. The first-order valence-corrected chi connectivity index (χ1v) is 6.54. The Balaban J connectivity index is 2.16. The molecule has 0 aliphatic rings. The van der Waals surface area contributed by atoms with Crippen molar-refractivity contribution in [1.82, 2.24) is 15.3 Å². The second-order valence-electron chi connectivity index (χ2n) is 4.25. The molecule has 0 saturated heterocycles. The van der Waals surface area contributed by atoms with Crippen molar-refractivity contribution in [3.05, 3.63) is 52.9 Å². The number of anilines is 1. The van der Waals surface area contributed by atoms with Crippen LogP contribution in [0, 0.1) is 0 Å². The van der Waals surface area contributed by atoms with Gasteiger partial charge < -0.3 is 10.6 Å². The Labute approximate surface area is 122 Å². The van der Waals surface area contributed by atoms with Crippen LogP contribution < -0.4 is 10.6 Å². The van der Waals surface area contributed by atoms with Crippen molar-refractivity contribution in [2.45, 2.75) is 13.0 Å². The maximum absolute atomic E-state index is 12.2. The predicted octanol–water partition coefficient (Wildman–Crippen LogP) is 2.66. The average molecular weight is 291 g/mol. The molecule has 2 rings (SSSR count). The summed E-state index contributed by atoms with van der Waals surface area (Å²) < 4.78 is 0. The van der Waals surface area contributed by atoms with Crippen LogP contribution in [0.1, 0.15) is 29.0 Å². The smallest absolute Gasteiger partial charge is 0.253 e. The van der Waals surface area contributed by atoms with Gasteiger partial charge in [-0.05, 0) is 25.1 Å². The highest BCUT2D eigenvalue weighted by Gasteiger charge is 2.15. The van der Waals surface area contributed by atoms with Crippen LogP contribution in [0.5, 0.6) is 0 Å². The quantitative estimate of drug-likeness (QED) is 0.908. The summed E-state index contributed by atoms with van der Waals surface area (Å²) in [6, 6.07) is 6.98. The van der Waals surface area contributed by atoms with E-state index in [-0.39, 0.29) is 11.9 Å². The first-order chi connectivity index (χ1) is 9.61. The van der Waals surface area contributed by atoms with Crippen molar-refractivity contribution in [3.8, 4) is 0 Å². The van der Waals surface area contributed by atoms with E-state index in [1.54, 1.807) is 19.3 Å². The number of nitrogens with zero attached hydrogens (tertiary/aromatic N) is 2. The Kier molecular flexibility index (Phi) is 4.53. The number of pyridine rings is 2. The normalized spacial score (nSPS) is 11.8. The van der Waals surface area contributed by atoms with Gasteiger partial charge in [-0.3, -0.25) is 9.78 Å². The molecule has 2 aromatic heterocycles. The molecule has 0 bridgehead atoms. The van der Waals surface area contributed by atoms with Gasteiger partial charge in [-0.25, -0.2) is 4.98 Å². The molecule has 20 heavy (non-hydrogen) atoms. The molecule has 0 fully saturated rings. The van der Waals surface area contributed by atoms with Crippen molar-refractivity contribution < 1.29 is 4.79 Å². The van der Waals surface area contributed by atoms with Gasteiger partial charge in [0, 0.05) is 19.4 Å². The van der Waals surface area contributed by atoms with E-state index in [1.165, 1.54) is 6.20 Å². The SMILES string of the molecule is CNc1cc(C(=O)NC(C)c2ccccn2)c(Cl)cn1. The van der Waals surface area contributed by atoms with Gasteiger partial charge in [0.25, 0.3) is 5.91 Å². The number of carbonyl (C=O) groups excluding carboxylic acids is 1. The molecule has 2 N–H and O–H groups in total. The molecule has 0 radical (unpaired) electrons. The molecule has 0 aromatic carbocycles. The standard InChI is InChI=1S/C14H15ClN4O/c1-9(12-5-3-4-6-17-12)19-14(20)10-7-13(16-2)18-8-11(10)15/h3-9H,1-2H3,(H,16,18)(H,19,20). The molecule has 1 unspecified atom stereocenters. The van der Waals surface area contributed by atoms with Crippen molar-refractivity contribution in [2.24, 2.45) is 0 Å². The summed E-state index contributed by atoms with van der Waals surface area (Å²) in [5, 5.41) is 6.05. The molecule has 1 amide bonds. The fraction of sp³-hybridized carbons (Fsp3) is 0.214. The lowest BCUT2D eigenvalue weighted by Gasteiger charge is -2.14. The highest BCUT2D eigenvalue weighted by molar-refractivity contribution is 6.33. The largest absolute Gasteiger partial charge is 0.373 e. The van der Waals surface area contributed by atoms with Crippen molar-refractivity contribution in [3.63, 3.8) is 0 Å². The zero-order valence-corrected chi connectivity index (χ0v) is 12.0. The summed E-state index contributed by atoms with van der Waals surface area (Å²) in [5.41, 5.74) is 1.17. The fourth-order valence-electron chi connectivity index (χ4n) is 1.73. The maximum atomic E-state index is 12.2. The van der Waals surface area contributed by atoms with E-state index in [0.29, 0.717) is 16.4 Å². The number of rotatable bonds is 4. The first kappa shape index (κ1) is 14.3. The molecule has 0 aliphatic carbocycles. The Morgan fingerprint density at radius 2 is 2.15 bits per heavy atom. The summed E-state index contributed by atoms with van der Waals surface area (Å²) in [6.07, 6.45) is 3.14. The van der Waals surface area contributed by atoms with Gasteiger partial charge in [-0.2, -0.15) is 0 Å². The van der Waals surface area contributed by atoms with Gasteiger partial charge in [0.2, 0.25) is 0 Å². The molecular formula is C14H15ClN4O. The topological polar surface area (TPSA) is 66.9 Å². The zero-order chi connectivity index (χ0) is 14.5. The molecule has 0 aliphatic heterocycles. The van der Waals surface area contributed by atoms with Crippen LogP contribution in [0.4, 0.5) is 5.82 Å². The number of aromatic nitrogens is 2. The van der Waals surface area contributed by atoms with Crippen LogP contribution in [-0.2, 0) is 0 Å². The molecule has 1 atom stereocenters. The van der Waals surface area contributed by atoms with Gasteiger partial charge in [-0.15, -0.1) is 0 Å². The van der Waals surface area contributed by atoms with Crippen LogP contribution in [0.15, 0.2) is 36.7 Å². The summed E-state index contributed by atoms with van der Waals surface area (Å²) in [4.78, 5) is 20.5. The van der Waals surface area contributed by atoms with E-state index in [2.05, 4.69) is 20.6 Å². The molecule has 0 saturated carbocycles. The third-order valence-electron chi connectivity index (χ3n) is 2.84. The van der Waals surface area contributed by atoms with E-state index in [1.807, 2.05) is 25.1 Å². The van der Waals surface area contributed by atoms with E-state index >= 15 is 0 Å². The van der Waals surface area contributed by atoms with Crippen molar-refractivity contribution >= 4 is 23.3 Å². The fourth-order valence-corrected chi connectivity index (χ4v) is 1.92.